The first-order valence-electron chi connectivity index (χ1n) is 9.11. The lowest BCUT2D eigenvalue weighted by Gasteiger charge is -2.33. The van der Waals surface area contributed by atoms with Gasteiger partial charge < -0.3 is 4.74 Å². The molecule has 0 saturated carbocycles. The van der Waals surface area contributed by atoms with Crippen LogP contribution >= 0.6 is 0 Å². The van der Waals surface area contributed by atoms with Gasteiger partial charge in [0, 0.05) is 32.7 Å². The van der Waals surface area contributed by atoms with Gasteiger partial charge in [-0.05, 0) is 41.8 Å². The molecule has 4 heteroatoms. The van der Waals surface area contributed by atoms with Crippen molar-refractivity contribution in [2.75, 3.05) is 32.8 Å². The molecule has 1 fully saturated rings. The van der Waals surface area contributed by atoms with Crippen molar-refractivity contribution in [3.63, 3.8) is 0 Å². The standard InChI is InChI=1S/C21H27N3O/c1-2-16-25-21-10-8-19(9-11-21)17-22-24-14-12-23(13-15-24)18-20-6-4-3-5-7-20/h3-11,17H,2,12-16,18H2,1H3. The van der Waals surface area contributed by atoms with E-state index in [1.165, 1.54) is 5.56 Å². The second-order valence-corrected chi connectivity index (χ2v) is 6.38. The molecule has 1 saturated heterocycles. The molecule has 0 unspecified atom stereocenters. The predicted molar refractivity (Wildman–Crippen MR) is 103 cm³/mol. The smallest absolute Gasteiger partial charge is 0.119 e. The highest BCUT2D eigenvalue weighted by Crippen LogP contribution is 2.12. The molecule has 0 atom stereocenters. The van der Waals surface area contributed by atoms with E-state index in [-0.39, 0.29) is 0 Å². The summed E-state index contributed by atoms with van der Waals surface area (Å²) in [7, 11) is 0. The summed E-state index contributed by atoms with van der Waals surface area (Å²) in [6, 6.07) is 18.8. The molecule has 0 bridgehead atoms. The van der Waals surface area contributed by atoms with Crippen LogP contribution in [0.2, 0.25) is 0 Å². The predicted octanol–water partition coefficient (Wildman–Crippen LogP) is 3.63. The topological polar surface area (TPSA) is 28.1 Å². The summed E-state index contributed by atoms with van der Waals surface area (Å²) in [5.74, 6) is 0.925. The first-order chi connectivity index (χ1) is 12.3. The van der Waals surface area contributed by atoms with Crippen molar-refractivity contribution < 1.29 is 4.74 Å². The molecule has 0 amide bonds. The molecule has 0 N–H and O–H groups in total. The molecule has 1 aliphatic heterocycles. The van der Waals surface area contributed by atoms with Gasteiger partial charge in [-0.2, -0.15) is 5.10 Å². The summed E-state index contributed by atoms with van der Waals surface area (Å²) < 4.78 is 5.60. The third-order valence-electron chi connectivity index (χ3n) is 4.32. The van der Waals surface area contributed by atoms with Gasteiger partial charge >= 0.3 is 0 Å². The van der Waals surface area contributed by atoms with Crippen LogP contribution in [-0.2, 0) is 6.54 Å². The van der Waals surface area contributed by atoms with Crippen LogP contribution in [0.4, 0.5) is 0 Å². The van der Waals surface area contributed by atoms with Crippen LogP contribution < -0.4 is 4.74 Å². The lowest BCUT2D eigenvalue weighted by molar-refractivity contribution is 0.131. The van der Waals surface area contributed by atoms with Crippen LogP contribution in [0.15, 0.2) is 59.7 Å². The summed E-state index contributed by atoms with van der Waals surface area (Å²) in [5.41, 5.74) is 2.49. The van der Waals surface area contributed by atoms with Gasteiger partial charge in [0.1, 0.15) is 5.75 Å². The molecule has 1 aliphatic rings. The second kappa shape index (κ2) is 9.23. The van der Waals surface area contributed by atoms with Crippen molar-refractivity contribution in [2.24, 2.45) is 5.10 Å². The summed E-state index contributed by atoms with van der Waals surface area (Å²) in [4.78, 5) is 2.49. The maximum absolute atomic E-state index is 5.60. The van der Waals surface area contributed by atoms with Crippen molar-refractivity contribution in [1.82, 2.24) is 9.91 Å². The number of piperazine rings is 1. The van der Waals surface area contributed by atoms with Crippen molar-refractivity contribution >= 4 is 6.21 Å². The average Bonchev–Trinajstić information content (AvgIpc) is 2.67. The zero-order chi connectivity index (χ0) is 17.3. The maximum atomic E-state index is 5.60. The fourth-order valence-electron chi connectivity index (χ4n) is 2.87. The Hall–Kier alpha value is -2.33. The van der Waals surface area contributed by atoms with Gasteiger partial charge in [-0.3, -0.25) is 9.91 Å². The molecular weight excluding hydrogens is 310 g/mol. The minimum absolute atomic E-state index is 0.765. The minimum atomic E-state index is 0.765. The van der Waals surface area contributed by atoms with Crippen LogP contribution in [0.5, 0.6) is 5.75 Å². The van der Waals surface area contributed by atoms with E-state index < -0.39 is 0 Å². The first-order valence-corrected chi connectivity index (χ1v) is 9.11. The second-order valence-electron chi connectivity index (χ2n) is 6.38. The van der Waals surface area contributed by atoms with Crippen LogP contribution in [0, 0.1) is 0 Å². The van der Waals surface area contributed by atoms with Gasteiger partial charge in [0.05, 0.1) is 12.8 Å². The lowest BCUT2D eigenvalue weighted by Crippen LogP contribution is -2.43. The SMILES string of the molecule is CCCOc1ccc(C=NN2CCN(Cc3ccccc3)CC2)cc1. The van der Waals surface area contributed by atoms with Crippen molar-refractivity contribution in [1.29, 1.82) is 0 Å². The van der Waals surface area contributed by atoms with Crippen LogP contribution in [0.3, 0.4) is 0 Å². The molecule has 1 heterocycles. The largest absolute Gasteiger partial charge is 0.494 e. The van der Waals surface area contributed by atoms with E-state index >= 15 is 0 Å². The Morgan fingerprint density at radius 2 is 1.68 bits per heavy atom. The summed E-state index contributed by atoms with van der Waals surface area (Å²) in [5, 5.41) is 6.78. The van der Waals surface area contributed by atoms with Crippen molar-refractivity contribution in [2.45, 2.75) is 19.9 Å². The maximum Gasteiger partial charge on any atom is 0.119 e. The Bertz CT molecular complexity index is 647. The van der Waals surface area contributed by atoms with E-state index in [0.717, 1.165) is 57.1 Å². The summed E-state index contributed by atoms with van der Waals surface area (Å²) in [6.45, 7) is 7.95. The summed E-state index contributed by atoms with van der Waals surface area (Å²) in [6.07, 6.45) is 2.97. The highest BCUT2D eigenvalue weighted by Gasteiger charge is 2.15. The highest BCUT2D eigenvalue weighted by molar-refractivity contribution is 5.79. The van der Waals surface area contributed by atoms with Gasteiger partial charge in [0.25, 0.3) is 0 Å². The van der Waals surface area contributed by atoms with Crippen LogP contribution in [-0.4, -0.2) is 48.9 Å². The first kappa shape index (κ1) is 17.5. The molecule has 132 valence electrons. The number of benzene rings is 2. The zero-order valence-corrected chi connectivity index (χ0v) is 15.0. The molecule has 2 aromatic rings. The molecule has 0 aromatic heterocycles. The Kier molecular flexibility index (Phi) is 6.46. The Labute approximate surface area is 150 Å². The monoisotopic (exact) mass is 337 g/mol. The van der Waals surface area contributed by atoms with E-state index in [4.69, 9.17) is 4.74 Å². The molecule has 4 nitrogen and oxygen atoms in total. The fraction of sp³-hybridized carbons (Fsp3) is 0.381. The molecular formula is C21H27N3O. The quantitative estimate of drug-likeness (QED) is 0.722. The van der Waals surface area contributed by atoms with Gasteiger partial charge in [-0.25, -0.2) is 0 Å². The Morgan fingerprint density at radius 1 is 0.960 bits per heavy atom. The van der Waals surface area contributed by atoms with Gasteiger partial charge in [0.15, 0.2) is 0 Å². The molecule has 0 spiro atoms. The number of hydrogen-bond donors (Lipinski definition) is 0. The van der Waals surface area contributed by atoms with Gasteiger partial charge in [-0.15, -0.1) is 0 Å². The number of nitrogens with zero attached hydrogens (tertiary/aromatic N) is 3. The van der Waals surface area contributed by atoms with Crippen molar-refractivity contribution in [3.05, 3.63) is 65.7 Å². The van der Waals surface area contributed by atoms with E-state index in [0.29, 0.717) is 0 Å². The fourth-order valence-corrected chi connectivity index (χ4v) is 2.87. The Morgan fingerprint density at radius 3 is 2.36 bits per heavy atom. The van der Waals surface area contributed by atoms with Crippen LogP contribution in [0.25, 0.3) is 0 Å². The van der Waals surface area contributed by atoms with Gasteiger partial charge in [0.2, 0.25) is 0 Å². The highest BCUT2D eigenvalue weighted by atomic mass is 16.5. The average molecular weight is 337 g/mol. The normalized spacial score (nSPS) is 15.6. The van der Waals surface area contributed by atoms with Gasteiger partial charge in [-0.1, -0.05) is 37.3 Å². The third-order valence-corrected chi connectivity index (χ3v) is 4.32. The lowest BCUT2D eigenvalue weighted by atomic mass is 10.2. The van der Waals surface area contributed by atoms with E-state index in [1.807, 2.05) is 18.3 Å². The molecule has 0 radical (unpaired) electrons. The number of ether oxygens (including phenoxy) is 1. The summed E-state index contributed by atoms with van der Waals surface area (Å²) >= 11 is 0. The molecule has 2 aromatic carbocycles. The van der Waals surface area contributed by atoms with Crippen LogP contribution in [0.1, 0.15) is 24.5 Å². The van der Waals surface area contributed by atoms with Crippen molar-refractivity contribution in [3.8, 4) is 5.75 Å². The number of hydrazone groups is 1. The molecule has 25 heavy (non-hydrogen) atoms. The third kappa shape index (κ3) is 5.61. The van der Waals surface area contributed by atoms with E-state index in [2.05, 4.69) is 64.4 Å². The Balaban J connectivity index is 1.44. The molecule has 0 aliphatic carbocycles. The number of rotatable bonds is 7. The number of hydrogen-bond acceptors (Lipinski definition) is 4. The van der Waals surface area contributed by atoms with E-state index in [1.54, 1.807) is 0 Å². The zero-order valence-electron chi connectivity index (χ0n) is 15.0. The minimum Gasteiger partial charge on any atom is -0.494 e. The van der Waals surface area contributed by atoms with E-state index in [9.17, 15) is 0 Å². The molecule has 3 rings (SSSR count).